The van der Waals surface area contributed by atoms with E-state index in [1.165, 1.54) is 12.1 Å². The number of furan rings is 1. The van der Waals surface area contributed by atoms with Gasteiger partial charge in [0.2, 0.25) is 0 Å². The Morgan fingerprint density at radius 3 is 2.26 bits per heavy atom. The van der Waals surface area contributed by atoms with Crippen molar-refractivity contribution in [3.05, 3.63) is 78.6 Å². The highest BCUT2D eigenvalue weighted by atomic mass is 32.2. The van der Waals surface area contributed by atoms with Crippen molar-refractivity contribution in [3.63, 3.8) is 0 Å². The zero-order valence-electron chi connectivity index (χ0n) is 16.9. The van der Waals surface area contributed by atoms with Crippen LogP contribution in [0.25, 0.3) is 11.3 Å². The number of hydroxylamine groups is 1. The van der Waals surface area contributed by atoms with E-state index in [4.69, 9.17) is 4.42 Å². The maximum absolute atomic E-state index is 13.6. The van der Waals surface area contributed by atoms with Crippen LogP contribution in [-0.4, -0.2) is 42.3 Å². The molecule has 1 aliphatic heterocycles. The predicted molar refractivity (Wildman–Crippen MR) is 115 cm³/mol. The van der Waals surface area contributed by atoms with Crippen LogP contribution in [0.1, 0.15) is 18.4 Å². The number of piperidine rings is 1. The van der Waals surface area contributed by atoms with E-state index in [0.717, 1.165) is 11.1 Å². The summed E-state index contributed by atoms with van der Waals surface area (Å²) >= 11 is 0. The summed E-state index contributed by atoms with van der Waals surface area (Å²) in [6, 6.07) is 19.7. The quantitative estimate of drug-likeness (QED) is 0.451. The van der Waals surface area contributed by atoms with Crippen LogP contribution in [0, 0.1) is 0 Å². The Kier molecular flexibility index (Phi) is 5.95. The summed E-state index contributed by atoms with van der Waals surface area (Å²) in [5.74, 6) is -0.261. The van der Waals surface area contributed by atoms with Gasteiger partial charge in [-0.2, -0.15) is 0 Å². The summed E-state index contributed by atoms with van der Waals surface area (Å²) in [5.41, 5.74) is 3.46. The van der Waals surface area contributed by atoms with Crippen LogP contribution >= 0.6 is 0 Å². The molecule has 1 aromatic heterocycles. The van der Waals surface area contributed by atoms with Gasteiger partial charge in [-0.05, 0) is 54.8 Å². The second kappa shape index (κ2) is 8.66. The maximum Gasteiger partial charge on any atom is 0.265 e. The Labute approximate surface area is 181 Å². The summed E-state index contributed by atoms with van der Waals surface area (Å²) in [6.07, 6.45) is 1.73. The Balaban J connectivity index is 1.58. The van der Waals surface area contributed by atoms with Crippen molar-refractivity contribution in [2.45, 2.75) is 29.0 Å². The van der Waals surface area contributed by atoms with E-state index in [-0.39, 0.29) is 17.7 Å². The second-order valence-electron chi connectivity index (χ2n) is 7.70. The number of likely N-dealkylation sites (tertiary alicyclic amines) is 1. The molecule has 2 N–H and O–H groups in total. The van der Waals surface area contributed by atoms with Gasteiger partial charge in [-0.25, -0.2) is 13.9 Å². The fourth-order valence-electron chi connectivity index (χ4n) is 4.10. The zero-order valence-corrected chi connectivity index (χ0v) is 17.7. The molecule has 7 nitrogen and oxygen atoms in total. The van der Waals surface area contributed by atoms with Gasteiger partial charge in [-0.3, -0.25) is 14.9 Å². The fraction of sp³-hybridized carbons (Fsp3) is 0.261. The van der Waals surface area contributed by atoms with Crippen molar-refractivity contribution in [3.8, 4) is 11.3 Å². The van der Waals surface area contributed by atoms with E-state index in [1.807, 2.05) is 30.3 Å². The van der Waals surface area contributed by atoms with Crippen molar-refractivity contribution in [1.82, 2.24) is 10.4 Å². The molecule has 3 aromatic rings. The Bertz CT molecular complexity index is 1120. The van der Waals surface area contributed by atoms with Gasteiger partial charge in [-0.1, -0.05) is 30.3 Å². The largest absolute Gasteiger partial charge is 0.464 e. The molecule has 0 bridgehead atoms. The molecular weight excluding hydrogens is 416 g/mol. The highest BCUT2D eigenvalue weighted by Gasteiger charge is 2.52. The van der Waals surface area contributed by atoms with Crippen molar-refractivity contribution < 1.29 is 22.8 Å². The normalized spacial score (nSPS) is 16.7. The maximum atomic E-state index is 13.6. The van der Waals surface area contributed by atoms with E-state index < -0.39 is 20.5 Å². The predicted octanol–water partition coefficient (Wildman–Crippen LogP) is 3.26. The van der Waals surface area contributed by atoms with Gasteiger partial charge in [0.1, 0.15) is 5.76 Å². The van der Waals surface area contributed by atoms with E-state index in [1.54, 1.807) is 36.0 Å². The van der Waals surface area contributed by atoms with E-state index in [2.05, 4.69) is 4.90 Å². The molecule has 2 aromatic carbocycles. The molecule has 31 heavy (non-hydrogen) atoms. The number of hydrogen-bond donors (Lipinski definition) is 2. The van der Waals surface area contributed by atoms with Crippen LogP contribution in [0.5, 0.6) is 0 Å². The standard InChI is InChI=1S/C23H24N2O5S/c26-22(24-27)23(12-14-25(15-13-23)17-18-5-2-1-3-6-18)31(28,29)20-10-8-19(9-11-20)21-7-4-16-30-21/h1-11,16,27H,12-15,17H2,(H,24,26). The number of hydrogen-bond acceptors (Lipinski definition) is 6. The van der Waals surface area contributed by atoms with Crippen molar-refractivity contribution in [2.24, 2.45) is 0 Å². The molecule has 1 amide bonds. The van der Waals surface area contributed by atoms with Crippen LogP contribution in [0.2, 0.25) is 0 Å². The summed E-state index contributed by atoms with van der Waals surface area (Å²) in [5, 5.41) is 9.34. The summed E-state index contributed by atoms with van der Waals surface area (Å²) in [7, 11) is -4.05. The van der Waals surface area contributed by atoms with Gasteiger partial charge >= 0.3 is 0 Å². The average molecular weight is 441 g/mol. The molecule has 0 saturated carbocycles. The molecule has 1 fully saturated rings. The van der Waals surface area contributed by atoms with Gasteiger partial charge in [-0.15, -0.1) is 0 Å². The van der Waals surface area contributed by atoms with E-state index >= 15 is 0 Å². The third kappa shape index (κ3) is 4.01. The number of amides is 1. The Hall–Kier alpha value is -2.94. The van der Waals surface area contributed by atoms with Crippen LogP contribution < -0.4 is 5.48 Å². The number of rotatable bonds is 6. The number of carbonyl (C=O) groups is 1. The lowest BCUT2D eigenvalue weighted by Gasteiger charge is -2.39. The minimum Gasteiger partial charge on any atom is -0.464 e. The van der Waals surface area contributed by atoms with Gasteiger partial charge in [0.25, 0.3) is 5.91 Å². The molecule has 0 atom stereocenters. The highest BCUT2D eigenvalue weighted by Crippen LogP contribution is 2.37. The summed E-state index contributed by atoms with van der Waals surface area (Å²) in [6.45, 7) is 1.52. The first-order valence-electron chi connectivity index (χ1n) is 10.1. The average Bonchev–Trinajstić information content (AvgIpc) is 3.35. The molecule has 1 saturated heterocycles. The smallest absolute Gasteiger partial charge is 0.265 e. The van der Waals surface area contributed by atoms with Crippen LogP contribution in [-0.2, 0) is 21.2 Å². The molecule has 0 unspecified atom stereocenters. The minimum atomic E-state index is -4.05. The number of sulfone groups is 1. The van der Waals surface area contributed by atoms with Crippen molar-refractivity contribution in [1.29, 1.82) is 0 Å². The minimum absolute atomic E-state index is 0.0444. The van der Waals surface area contributed by atoms with Gasteiger partial charge in [0.05, 0.1) is 11.2 Å². The molecular formula is C23H24N2O5S. The lowest BCUT2D eigenvalue weighted by Crippen LogP contribution is -2.57. The molecule has 8 heteroatoms. The number of nitrogens with one attached hydrogen (secondary N) is 1. The molecule has 162 valence electrons. The molecule has 2 heterocycles. The topological polar surface area (TPSA) is 99.8 Å². The van der Waals surface area contributed by atoms with Crippen LogP contribution in [0.4, 0.5) is 0 Å². The van der Waals surface area contributed by atoms with Crippen LogP contribution in [0.3, 0.4) is 0 Å². The lowest BCUT2D eigenvalue weighted by molar-refractivity contribution is -0.133. The zero-order chi connectivity index (χ0) is 21.9. The van der Waals surface area contributed by atoms with Crippen molar-refractivity contribution in [2.75, 3.05) is 13.1 Å². The monoisotopic (exact) mass is 440 g/mol. The summed E-state index contributed by atoms with van der Waals surface area (Å²) in [4.78, 5) is 14.8. The first kappa shape index (κ1) is 21.3. The number of nitrogens with zero attached hydrogens (tertiary/aromatic N) is 1. The number of carbonyl (C=O) groups excluding carboxylic acids is 1. The molecule has 0 aliphatic carbocycles. The molecule has 4 rings (SSSR count). The summed E-state index contributed by atoms with van der Waals surface area (Å²) < 4.78 is 30.7. The second-order valence-corrected chi connectivity index (χ2v) is 9.96. The third-order valence-corrected chi connectivity index (χ3v) is 8.43. The molecule has 0 spiro atoms. The van der Waals surface area contributed by atoms with Gasteiger partial charge < -0.3 is 4.42 Å². The highest BCUT2D eigenvalue weighted by molar-refractivity contribution is 7.93. The SMILES string of the molecule is O=C(NO)C1(S(=O)(=O)c2ccc(-c3ccco3)cc2)CCN(Cc2ccccc2)CC1. The first-order chi connectivity index (χ1) is 15.0. The van der Waals surface area contributed by atoms with Crippen LogP contribution in [0.15, 0.2) is 82.3 Å². The van der Waals surface area contributed by atoms with Gasteiger partial charge in [0.15, 0.2) is 14.6 Å². The Morgan fingerprint density at radius 2 is 1.68 bits per heavy atom. The third-order valence-electron chi connectivity index (χ3n) is 5.91. The molecule has 0 radical (unpaired) electrons. The fourth-order valence-corrected chi connectivity index (χ4v) is 6.06. The van der Waals surface area contributed by atoms with Crippen molar-refractivity contribution >= 4 is 15.7 Å². The van der Waals surface area contributed by atoms with E-state index in [0.29, 0.717) is 25.4 Å². The Morgan fingerprint density at radius 1 is 1.00 bits per heavy atom. The number of benzene rings is 2. The molecule has 1 aliphatic rings. The van der Waals surface area contributed by atoms with Gasteiger partial charge in [0, 0.05) is 25.2 Å². The first-order valence-corrected chi connectivity index (χ1v) is 11.5. The lowest BCUT2D eigenvalue weighted by atomic mass is 9.94. The van der Waals surface area contributed by atoms with E-state index in [9.17, 15) is 18.4 Å².